The Bertz CT molecular complexity index is 1150. The van der Waals surface area contributed by atoms with Gasteiger partial charge in [-0.3, -0.25) is 9.48 Å². The number of ether oxygens (including phenoxy) is 1. The molecule has 0 atom stereocenters. The summed E-state index contributed by atoms with van der Waals surface area (Å²) in [6.07, 6.45) is 9.94. The molecule has 0 aliphatic heterocycles. The zero-order valence-corrected chi connectivity index (χ0v) is 18.8. The average Bonchev–Trinajstić information content (AvgIpc) is 3.56. The summed E-state index contributed by atoms with van der Waals surface area (Å²) in [4.78, 5) is 16.6. The maximum atomic E-state index is 13.5. The predicted octanol–water partition coefficient (Wildman–Crippen LogP) is 4.53. The quantitative estimate of drug-likeness (QED) is 0.463. The molecular weight excluding hydrogens is 444 g/mol. The van der Waals surface area contributed by atoms with Gasteiger partial charge in [0.1, 0.15) is 5.52 Å². The predicted molar refractivity (Wildman–Crippen MR) is 122 cm³/mol. The van der Waals surface area contributed by atoms with Crippen LogP contribution in [0, 0.1) is 23.5 Å². The standard InChI is InChI=1S/C24H26F2N4O3.H3N/c25-19-7-16(8-20(26)23(19)31)24(32)28-10-14-3-5-18(6-4-14)30-12-17-9-22(27-11-21(17)29-30)33-13-15-1-2-15;/h7-9,11-12,14-15,18,31H,1-6,10,13H2,(H,28,32);1H3. The number of amides is 1. The van der Waals surface area contributed by atoms with E-state index in [-0.39, 0.29) is 23.7 Å². The highest BCUT2D eigenvalue weighted by Gasteiger charge is 2.25. The van der Waals surface area contributed by atoms with Gasteiger partial charge in [-0.05, 0) is 62.5 Å². The summed E-state index contributed by atoms with van der Waals surface area (Å²) >= 11 is 0. The third-order valence-electron chi connectivity index (χ3n) is 6.57. The first kappa shape index (κ1) is 23.9. The van der Waals surface area contributed by atoms with E-state index in [9.17, 15) is 18.7 Å². The molecule has 0 spiro atoms. The third kappa shape index (κ3) is 5.27. The van der Waals surface area contributed by atoms with Crippen molar-refractivity contribution < 1.29 is 23.4 Å². The molecule has 2 fully saturated rings. The number of hydrogen-bond acceptors (Lipinski definition) is 6. The Morgan fingerprint density at radius 1 is 1.09 bits per heavy atom. The second kappa shape index (κ2) is 9.92. The Labute approximate surface area is 195 Å². The van der Waals surface area contributed by atoms with Crippen LogP contribution in [0.15, 0.2) is 30.6 Å². The lowest BCUT2D eigenvalue weighted by Crippen LogP contribution is -2.31. The molecule has 5 rings (SSSR count). The number of carbonyl (C=O) groups is 1. The second-order valence-corrected chi connectivity index (χ2v) is 9.12. The summed E-state index contributed by atoms with van der Waals surface area (Å²) in [5.41, 5.74) is 0.699. The number of carbonyl (C=O) groups excluding carboxylic acids is 1. The van der Waals surface area contributed by atoms with Crippen molar-refractivity contribution in [1.82, 2.24) is 26.2 Å². The minimum absolute atomic E-state index is 0. The fourth-order valence-corrected chi connectivity index (χ4v) is 4.33. The lowest BCUT2D eigenvalue weighted by atomic mass is 9.86. The minimum atomic E-state index is -1.15. The number of rotatable bonds is 7. The van der Waals surface area contributed by atoms with E-state index < -0.39 is 23.3 Å². The van der Waals surface area contributed by atoms with Crippen molar-refractivity contribution in [2.45, 2.75) is 44.6 Å². The molecule has 2 aliphatic rings. The largest absolute Gasteiger partial charge is 0.503 e. The number of fused-ring (bicyclic) bond motifs is 1. The molecule has 8 nitrogen and oxygen atoms in total. The van der Waals surface area contributed by atoms with Crippen LogP contribution in [0.25, 0.3) is 10.9 Å². The number of nitrogens with zero attached hydrogens (tertiary/aromatic N) is 3. The number of nitrogens with one attached hydrogen (secondary N) is 1. The smallest absolute Gasteiger partial charge is 0.251 e. The van der Waals surface area contributed by atoms with Crippen molar-refractivity contribution in [3.05, 3.63) is 47.8 Å². The van der Waals surface area contributed by atoms with Crippen molar-refractivity contribution in [2.75, 3.05) is 13.2 Å². The van der Waals surface area contributed by atoms with E-state index in [4.69, 9.17) is 4.74 Å². The highest BCUT2D eigenvalue weighted by Crippen LogP contribution is 2.33. The maximum absolute atomic E-state index is 13.5. The molecule has 2 heterocycles. The number of phenols is 1. The third-order valence-corrected chi connectivity index (χ3v) is 6.57. The van der Waals surface area contributed by atoms with Gasteiger partial charge in [0.25, 0.3) is 5.91 Å². The van der Waals surface area contributed by atoms with Gasteiger partial charge in [-0.2, -0.15) is 5.10 Å². The van der Waals surface area contributed by atoms with Gasteiger partial charge in [-0.1, -0.05) is 0 Å². The summed E-state index contributed by atoms with van der Waals surface area (Å²) in [5.74, 6) is -2.33. The molecular formula is C24H29F2N5O3. The van der Waals surface area contributed by atoms with Crippen LogP contribution in [0.5, 0.6) is 11.6 Å². The topological polar surface area (TPSA) is 124 Å². The number of halogens is 2. The van der Waals surface area contributed by atoms with Crippen molar-refractivity contribution in [3.63, 3.8) is 0 Å². The summed E-state index contributed by atoms with van der Waals surface area (Å²) in [7, 11) is 0. The Kier molecular flexibility index (Phi) is 6.97. The minimum Gasteiger partial charge on any atom is -0.503 e. The van der Waals surface area contributed by atoms with Gasteiger partial charge in [0, 0.05) is 29.8 Å². The van der Waals surface area contributed by atoms with E-state index in [2.05, 4.69) is 15.4 Å². The zero-order chi connectivity index (χ0) is 22.9. The van der Waals surface area contributed by atoms with Gasteiger partial charge in [0.2, 0.25) is 5.88 Å². The molecule has 0 radical (unpaired) electrons. The van der Waals surface area contributed by atoms with E-state index >= 15 is 0 Å². The van der Waals surface area contributed by atoms with Crippen molar-refractivity contribution in [2.24, 2.45) is 11.8 Å². The number of hydrogen-bond donors (Lipinski definition) is 3. The zero-order valence-electron chi connectivity index (χ0n) is 18.8. The van der Waals surface area contributed by atoms with Crippen LogP contribution < -0.4 is 16.2 Å². The molecule has 1 aromatic carbocycles. The van der Waals surface area contributed by atoms with Crippen LogP contribution in [0.3, 0.4) is 0 Å². The Hall–Kier alpha value is -3.27. The lowest BCUT2D eigenvalue weighted by molar-refractivity contribution is 0.0940. The first-order valence-corrected chi connectivity index (χ1v) is 11.4. The highest BCUT2D eigenvalue weighted by atomic mass is 19.1. The van der Waals surface area contributed by atoms with Crippen LogP contribution >= 0.6 is 0 Å². The van der Waals surface area contributed by atoms with E-state index in [0.29, 0.717) is 18.3 Å². The maximum Gasteiger partial charge on any atom is 0.251 e. The fourth-order valence-electron chi connectivity index (χ4n) is 4.33. The highest BCUT2D eigenvalue weighted by molar-refractivity contribution is 5.94. The van der Waals surface area contributed by atoms with Gasteiger partial charge < -0.3 is 21.3 Å². The summed E-state index contributed by atoms with van der Waals surface area (Å²) in [6, 6.07) is 3.90. The van der Waals surface area contributed by atoms with Crippen molar-refractivity contribution in [1.29, 1.82) is 0 Å². The molecule has 0 unspecified atom stereocenters. The summed E-state index contributed by atoms with van der Waals surface area (Å²) in [5, 5.41) is 17.6. The van der Waals surface area contributed by atoms with Crippen LogP contribution in [0.2, 0.25) is 0 Å². The van der Waals surface area contributed by atoms with Gasteiger partial charge in [-0.15, -0.1) is 0 Å². The van der Waals surface area contributed by atoms with Crippen LogP contribution in [0.1, 0.15) is 54.9 Å². The molecule has 182 valence electrons. The number of phenolic OH excluding ortho intramolecular Hbond substituents is 1. The van der Waals surface area contributed by atoms with Crippen LogP contribution in [0.4, 0.5) is 8.78 Å². The number of pyridine rings is 1. The monoisotopic (exact) mass is 473 g/mol. The van der Waals surface area contributed by atoms with Gasteiger partial charge in [-0.25, -0.2) is 13.8 Å². The Morgan fingerprint density at radius 2 is 1.76 bits per heavy atom. The molecule has 2 saturated carbocycles. The van der Waals surface area contributed by atoms with Gasteiger partial charge >= 0.3 is 0 Å². The van der Waals surface area contributed by atoms with Crippen LogP contribution in [-0.2, 0) is 0 Å². The molecule has 1 amide bonds. The number of aromatic hydroxyl groups is 1. The summed E-state index contributed by atoms with van der Waals surface area (Å²) in [6.45, 7) is 1.16. The van der Waals surface area contributed by atoms with Crippen LogP contribution in [-0.4, -0.2) is 38.9 Å². The molecule has 34 heavy (non-hydrogen) atoms. The molecule has 10 heteroatoms. The van der Waals surface area contributed by atoms with Gasteiger partial charge in [0.15, 0.2) is 17.4 Å². The van der Waals surface area contributed by atoms with Crippen molar-refractivity contribution >= 4 is 16.8 Å². The SMILES string of the molecule is N.O=C(NCC1CCC(n2cc3cc(OCC4CC4)ncc3n2)CC1)c1cc(F)c(O)c(F)c1. The number of benzene rings is 1. The summed E-state index contributed by atoms with van der Waals surface area (Å²) < 4.78 is 34.7. The second-order valence-electron chi connectivity index (χ2n) is 9.12. The van der Waals surface area contributed by atoms with Crippen molar-refractivity contribution in [3.8, 4) is 11.6 Å². The molecule has 0 bridgehead atoms. The molecule has 5 N–H and O–H groups in total. The fraction of sp³-hybridized carbons (Fsp3) is 0.458. The van der Waals surface area contributed by atoms with E-state index in [1.165, 1.54) is 12.8 Å². The van der Waals surface area contributed by atoms with E-state index in [0.717, 1.165) is 55.3 Å². The lowest BCUT2D eigenvalue weighted by Gasteiger charge is -2.28. The average molecular weight is 474 g/mol. The first-order valence-electron chi connectivity index (χ1n) is 11.4. The Balaban J connectivity index is 0.00000274. The molecule has 2 aromatic heterocycles. The molecule has 3 aromatic rings. The Morgan fingerprint density at radius 3 is 2.44 bits per heavy atom. The van der Waals surface area contributed by atoms with Gasteiger partial charge in [0.05, 0.1) is 18.8 Å². The number of aromatic nitrogens is 3. The molecule has 0 saturated heterocycles. The van der Waals surface area contributed by atoms with E-state index in [1.807, 2.05) is 16.9 Å². The normalized spacial score (nSPS) is 20.1. The molecule has 2 aliphatic carbocycles. The first-order chi connectivity index (χ1) is 16.0. The van der Waals surface area contributed by atoms with E-state index in [1.54, 1.807) is 6.20 Å².